The lowest BCUT2D eigenvalue weighted by Gasteiger charge is -2.27. The third-order valence-electron chi connectivity index (χ3n) is 6.13. The molecule has 1 fully saturated rings. The molecule has 0 unspecified atom stereocenters. The van der Waals surface area contributed by atoms with Gasteiger partial charge in [-0.15, -0.1) is 0 Å². The van der Waals surface area contributed by atoms with Crippen LogP contribution in [0.2, 0.25) is 5.02 Å². The number of fused-ring (bicyclic) bond motifs is 1. The second-order valence-electron chi connectivity index (χ2n) is 8.60. The third kappa shape index (κ3) is 6.59. The lowest BCUT2D eigenvalue weighted by molar-refractivity contribution is -0.118. The topological polar surface area (TPSA) is 79.8 Å². The van der Waals surface area contributed by atoms with E-state index in [9.17, 15) is 13.2 Å². The molecule has 1 aliphatic rings. The molecule has 4 rings (SSSR count). The minimum atomic E-state index is -3.43. The lowest BCUT2D eigenvalue weighted by Crippen LogP contribution is -2.39. The number of halogens is 1. The fourth-order valence-electron chi connectivity index (χ4n) is 4.10. The standard InChI is InChI=1S/C25H30ClN3O4S2/c1-19-21(26)10-11-22-24(19)27-25(34-22)29(13-6-12-28-14-16-33-17-15-28)23(30)9-5-18-35(31,32)20-7-3-2-4-8-20/h2-4,7-8,10-11H,5-6,9,12-18H2,1H3. The van der Waals surface area contributed by atoms with Gasteiger partial charge >= 0.3 is 0 Å². The predicted molar refractivity (Wildman–Crippen MR) is 141 cm³/mol. The lowest BCUT2D eigenvalue weighted by atomic mass is 10.2. The quantitative estimate of drug-likeness (QED) is 0.378. The Morgan fingerprint density at radius 2 is 1.89 bits per heavy atom. The molecule has 0 aliphatic carbocycles. The second kappa shape index (κ2) is 11.8. The van der Waals surface area contributed by atoms with E-state index in [1.54, 1.807) is 35.2 Å². The van der Waals surface area contributed by atoms with E-state index in [1.165, 1.54) is 11.3 Å². The number of aryl methyl sites for hydroxylation is 1. The van der Waals surface area contributed by atoms with Gasteiger partial charge in [0.1, 0.15) is 0 Å². The maximum atomic E-state index is 13.3. The van der Waals surface area contributed by atoms with Gasteiger partial charge in [0, 0.05) is 37.6 Å². The normalized spacial score (nSPS) is 14.9. The fraction of sp³-hybridized carbons (Fsp3) is 0.440. The molecule has 1 amide bonds. The van der Waals surface area contributed by atoms with Crippen molar-refractivity contribution in [1.29, 1.82) is 0 Å². The van der Waals surface area contributed by atoms with E-state index in [0.29, 0.717) is 16.7 Å². The Bertz CT molecular complexity index is 1260. The minimum absolute atomic E-state index is 0.0705. The van der Waals surface area contributed by atoms with E-state index >= 15 is 0 Å². The van der Waals surface area contributed by atoms with Gasteiger partial charge in [0.05, 0.1) is 34.1 Å². The molecule has 1 aliphatic heterocycles. The number of rotatable bonds is 10. The number of aromatic nitrogens is 1. The molecular formula is C25H30ClN3O4S2. The molecule has 0 bridgehead atoms. The number of nitrogens with zero attached hydrogens (tertiary/aromatic N) is 3. The molecule has 35 heavy (non-hydrogen) atoms. The number of benzene rings is 2. The average Bonchev–Trinajstić information content (AvgIpc) is 3.30. The number of carbonyl (C=O) groups excluding carboxylic acids is 1. The summed E-state index contributed by atoms with van der Waals surface area (Å²) in [5.41, 5.74) is 1.69. The Hall–Kier alpha value is -2.04. The van der Waals surface area contributed by atoms with Gasteiger partial charge in [0.2, 0.25) is 5.91 Å². The summed E-state index contributed by atoms with van der Waals surface area (Å²) in [4.78, 5) is 22.4. The molecule has 1 aromatic heterocycles. The Morgan fingerprint density at radius 1 is 1.14 bits per heavy atom. The predicted octanol–water partition coefficient (Wildman–Crippen LogP) is 4.57. The van der Waals surface area contributed by atoms with Gasteiger partial charge in [-0.05, 0) is 49.6 Å². The average molecular weight is 536 g/mol. The Labute approximate surface area is 215 Å². The van der Waals surface area contributed by atoms with Crippen LogP contribution >= 0.6 is 22.9 Å². The van der Waals surface area contributed by atoms with Crippen LogP contribution in [0.25, 0.3) is 10.2 Å². The van der Waals surface area contributed by atoms with Crippen LogP contribution in [0.5, 0.6) is 0 Å². The van der Waals surface area contributed by atoms with Crippen molar-refractivity contribution in [2.45, 2.75) is 31.1 Å². The highest BCUT2D eigenvalue weighted by atomic mass is 35.5. The van der Waals surface area contributed by atoms with Crippen LogP contribution in [0.3, 0.4) is 0 Å². The summed E-state index contributed by atoms with van der Waals surface area (Å²) < 4.78 is 31.6. The first kappa shape index (κ1) is 26.0. The van der Waals surface area contributed by atoms with Crippen LogP contribution in [-0.2, 0) is 19.4 Å². The molecule has 188 valence electrons. The van der Waals surface area contributed by atoms with Crippen LogP contribution in [-0.4, -0.2) is 69.4 Å². The number of hydrogen-bond donors (Lipinski definition) is 0. The van der Waals surface area contributed by atoms with E-state index in [1.807, 2.05) is 19.1 Å². The summed E-state index contributed by atoms with van der Waals surface area (Å²) in [7, 11) is -3.43. The largest absolute Gasteiger partial charge is 0.379 e. The highest BCUT2D eigenvalue weighted by Crippen LogP contribution is 2.34. The van der Waals surface area contributed by atoms with Crippen molar-refractivity contribution in [2.75, 3.05) is 50.0 Å². The number of sulfone groups is 1. The monoisotopic (exact) mass is 535 g/mol. The van der Waals surface area contributed by atoms with Crippen molar-refractivity contribution in [2.24, 2.45) is 0 Å². The summed E-state index contributed by atoms with van der Waals surface area (Å²) in [6, 6.07) is 12.1. The van der Waals surface area contributed by atoms with Crippen molar-refractivity contribution in [1.82, 2.24) is 9.88 Å². The Kier molecular flexibility index (Phi) is 8.77. The molecule has 3 aromatic rings. The number of amides is 1. The van der Waals surface area contributed by atoms with Crippen molar-refractivity contribution in [3.05, 3.63) is 53.1 Å². The highest BCUT2D eigenvalue weighted by molar-refractivity contribution is 7.91. The van der Waals surface area contributed by atoms with Crippen LogP contribution in [0.4, 0.5) is 5.13 Å². The van der Waals surface area contributed by atoms with Crippen LogP contribution < -0.4 is 4.90 Å². The molecule has 1 saturated heterocycles. The summed E-state index contributed by atoms with van der Waals surface area (Å²) >= 11 is 7.74. The molecule has 2 heterocycles. The van der Waals surface area contributed by atoms with E-state index in [0.717, 1.165) is 55.0 Å². The highest BCUT2D eigenvalue weighted by Gasteiger charge is 2.22. The van der Waals surface area contributed by atoms with Crippen LogP contribution in [0.1, 0.15) is 24.8 Å². The maximum absolute atomic E-state index is 13.3. The molecule has 7 nitrogen and oxygen atoms in total. The van der Waals surface area contributed by atoms with Crippen molar-refractivity contribution >= 4 is 54.0 Å². The molecular weight excluding hydrogens is 506 g/mol. The summed E-state index contributed by atoms with van der Waals surface area (Å²) in [5.74, 6) is -0.183. The molecule has 10 heteroatoms. The summed E-state index contributed by atoms with van der Waals surface area (Å²) in [6.45, 7) is 6.56. The van der Waals surface area contributed by atoms with Gasteiger partial charge in [-0.1, -0.05) is 41.1 Å². The van der Waals surface area contributed by atoms with Crippen molar-refractivity contribution < 1.29 is 17.9 Å². The number of morpholine rings is 1. The zero-order valence-corrected chi connectivity index (χ0v) is 22.2. The maximum Gasteiger partial charge on any atom is 0.228 e. The Balaban J connectivity index is 1.46. The fourth-order valence-corrected chi connectivity index (χ4v) is 6.66. The van der Waals surface area contributed by atoms with Gasteiger partial charge < -0.3 is 4.74 Å². The third-order valence-corrected chi connectivity index (χ3v) is 9.40. The SMILES string of the molecule is Cc1c(Cl)ccc2sc(N(CCCN3CCOCC3)C(=O)CCCS(=O)(=O)c3ccccc3)nc12. The molecule has 2 aromatic carbocycles. The van der Waals surface area contributed by atoms with Gasteiger partial charge in [-0.25, -0.2) is 13.4 Å². The van der Waals surface area contributed by atoms with Crippen molar-refractivity contribution in [3.8, 4) is 0 Å². The first-order valence-corrected chi connectivity index (χ1v) is 14.6. The smallest absolute Gasteiger partial charge is 0.228 e. The molecule has 0 spiro atoms. The van der Waals surface area contributed by atoms with Gasteiger partial charge in [-0.2, -0.15) is 0 Å². The molecule has 0 N–H and O–H groups in total. The van der Waals surface area contributed by atoms with Crippen LogP contribution in [0, 0.1) is 6.92 Å². The van der Waals surface area contributed by atoms with E-state index in [-0.39, 0.29) is 29.4 Å². The van der Waals surface area contributed by atoms with Crippen LogP contribution in [0.15, 0.2) is 47.4 Å². The summed E-state index contributed by atoms with van der Waals surface area (Å²) in [5, 5.41) is 1.27. The number of carbonyl (C=O) groups is 1. The second-order valence-corrected chi connectivity index (χ2v) is 12.1. The number of ether oxygens (including phenoxy) is 1. The minimum Gasteiger partial charge on any atom is -0.379 e. The zero-order chi connectivity index (χ0) is 24.8. The zero-order valence-electron chi connectivity index (χ0n) is 19.8. The van der Waals surface area contributed by atoms with E-state index in [4.69, 9.17) is 21.3 Å². The van der Waals surface area contributed by atoms with E-state index in [2.05, 4.69) is 4.90 Å². The number of thiazole rings is 1. The van der Waals surface area contributed by atoms with Crippen molar-refractivity contribution in [3.63, 3.8) is 0 Å². The summed E-state index contributed by atoms with van der Waals surface area (Å²) in [6.07, 6.45) is 1.19. The van der Waals surface area contributed by atoms with Gasteiger partial charge in [0.15, 0.2) is 15.0 Å². The van der Waals surface area contributed by atoms with E-state index < -0.39 is 9.84 Å². The Morgan fingerprint density at radius 3 is 2.63 bits per heavy atom. The molecule has 0 atom stereocenters. The van der Waals surface area contributed by atoms with Gasteiger partial charge in [-0.3, -0.25) is 14.6 Å². The van der Waals surface area contributed by atoms with Gasteiger partial charge in [0.25, 0.3) is 0 Å². The molecule has 0 saturated carbocycles. The first-order chi connectivity index (χ1) is 16.8. The molecule has 0 radical (unpaired) electrons. The number of anilines is 1. The number of hydrogen-bond acceptors (Lipinski definition) is 7. The first-order valence-electron chi connectivity index (χ1n) is 11.8.